The first-order valence-electron chi connectivity index (χ1n) is 7.91. The summed E-state index contributed by atoms with van der Waals surface area (Å²) in [6.07, 6.45) is 2.20. The van der Waals surface area contributed by atoms with Crippen LogP contribution in [0, 0.1) is 6.92 Å². The summed E-state index contributed by atoms with van der Waals surface area (Å²) in [5, 5.41) is 5.78. The van der Waals surface area contributed by atoms with Gasteiger partial charge in [-0.25, -0.2) is 0 Å². The SMILES string of the molecule is CNC(=O)c1ccc(Cc2cc3c(c(Cl)c2C)OCCNC3=O)cn1. The van der Waals surface area contributed by atoms with Gasteiger partial charge in [0.2, 0.25) is 0 Å². The zero-order valence-electron chi connectivity index (χ0n) is 14.0. The number of ether oxygens (including phenoxy) is 1. The molecule has 1 aromatic heterocycles. The Bertz CT molecular complexity index is 834. The van der Waals surface area contributed by atoms with E-state index in [0.717, 1.165) is 16.7 Å². The molecule has 1 aliphatic rings. The maximum atomic E-state index is 12.2. The third-order valence-corrected chi connectivity index (χ3v) is 4.59. The van der Waals surface area contributed by atoms with Gasteiger partial charge in [0.25, 0.3) is 11.8 Å². The number of aromatic nitrogens is 1. The molecule has 25 heavy (non-hydrogen) atoms. The first kappa shape index (κ1) is 17.2. The molecule has 0 spiro atoms. The Balaban J connectivity index is 1.94. The molecule has 0 radical (unpaired) electrons. The molecule has 2 N–H and O–H groups in total. The molecule has 0 bridgehead atoms. The Morgan fingerprint density at radius 3 is 2.92 bits per heavy atom. The molecule has 2 heterocycles. The summed E-state index contributed by atoms with van der Waals surface area (Å²) in [7, 11) is 1.56. The van der Waals surface area contributed by atoms with E-state index in [1.807, 2.05) is 19.1 Å². The number of carbonyl (C=O) groups is 2. The Hall–Kier alpha value is -2.60. The van der Waals surface area contributed by atoms with E-state index in [1.165, 1.54) is 0 Å². The molecule has 0 saturated heterocycles. The molecule has 2 aromatic rings. The molecule has 7 heteroatoms. The fourth-order valence-corrected chi connectivity index (χ4v) is 2.97. The number of benzene rings is 1. The fraction of sp³-hybridized carbons (Fsp3) is 0.278. The van der Waals surface area contributed by atoms with Crippen LogP contribution < -0.4 is 15.4 Å². The number of pyridine rings is 1. The van der Waals surface area contributed by atoms with Crippen LogP contribution in [0.4, 0.5) is 0 Å². The van der Waals surface area contributed by atoms with Gasteiger partial charge in [-0.15, -0.1) is 0 Å². The van der Waals surface area contributed by atoms with Crippen LogP contribution in [0.5, 0.6) is 5.75 Å². The van der Waals surface area contributed by atoms with E-state index in [9.17, 15) is 9.59 Å². The molecule has 130 valence electrons. The molecule has 0 fully saturated rings. The van der Waals surface area contributed by atoms with Crippen molar-refractivity contribution in [3.05, 3.63) is 57.4 Å². The van der Waals surface area contributed by atoms with Gasteiger partial charge in [-0.1, -0.05) is 17.7 Å². The standard InChI is InChI=1S/C18H18ClN3O3/c1-10-12(7-11-3-4-14(22-9-11)18(24)20-2)8-13-16(15(10)19)25-6-5-21-17(13)23/h3-4,8-9H,5-7H2,1-2H3,(H,20,24)(H,21,23). The Kier molecular flexibility index (Phi) is 4.90. The van der Waals surface area contributed by atoms with E-state index in [2.05, 4.69) is 15.6 Å². The van der Waals surface area contributed by atoms with Crippen molar-refractivity contribution in [3.8, 4) is 5.75 Å². The first-order chi connectivity index (χ1) is 12.0. The molecule has 0 atom stereocenters. The molecule has 0 saturated carbocycles. The van der Waals surface area contributed by atoms with Crippen molar-refractivity contribution in [2.24, 2.45) is 0 Å². The van der Waals surface area contributed by atoms with Gasteiger partial charge < -0.3 is 15.4 Å². The van der Waals surface area contributed by atoms with Gasteiger partial charge in [0, 0.05) is 13.2 Å². The Morgan fingerprint density at radius 1 is 1.44 bits per heavy atom. The van der Waals surface area contributed by atoms with Crippen LogP contribution in [0.2, 0.25) is 5.02 Å². The van der Waals surface area contributed by atoms with Crippen LogP contribution in [0.15, 0.2) is 24.4 Å². The van der Waals surface area contributed by atoms with Crippen LogP contribution >= 0.6 is 11.6 Å². The number of rotatable bonds is 3. The largest absolute Gasteiger partial charge is 0.489 e. The number of hydrogen-bond donors (Lipinski definition) is 2. The molecule has 6 nitrogen and oxygen atoms in total. The lowest BCUT2D eigenvalue weighted by Gasteiger charge is -2.14. The van der Waals surface area contributed by atoms with Crippen molar-refractivity contribution in [2.45, 2.75) is 13.3 Å². The minimum atomic E-state index is -0.232. The topological polar surface area (TPSA) is 80.3 Å². The van der Waals surface area contributed by atoms with Crippen LogP contribution in [-0.4, -0.2) is 37.0 Å². The van der Waals surface area contributed by atoms with Gasteiger partial charge in [-0.05, 0) is 42.2 Å². The first-order valence-corrected chi connectivity index (χ1v) is 8.29. The molecule has 0 aliphatic carbocycles. The summed E-state index contributed by atoms with van der Waals surface area (Å²) in [5.41, 5.74) is 3.50. The average molecular weight is 360 g/mol. The highest BCUT2D eigenvalue weighted by Gasteiger charge is 2.22. The maximum Gasteiger partial charge on any atom is 0.269 e. The van der Waals surface area contributed by atoms with Gasteiger partial charge in [-0.3, -0.25) is 14.6 Å². The second kappa shape index (κ2) is 7.11. The minimum absolute atomic E-state index is 0.191. The second-order valence-electron chi connectivity index (χ2n) is 5.76. The second-order valence-corrected chi connectivity index (χ2v) is 6.14. The predicted octanol–water partition coefficient (Wildman–Crippen LogP) is 2.12. The number of carbonyl (C=O) groups excluding carboxylic acids is 2. The third kappa shape index (κ3) is 3.44. The third-order valence-electron chi connectivity index (χ3n) is 4.13. The Morgan fingerprint density at radius 2 is 2.24 bits per heavy atom. The summed E-state index contributed by atoms with van der Waals surface area (Å²) >= 11 is 6.43. The van der Waals surface area contributed by atoms with Crippen molar-refractivity contribution in [1.29, 1.82) is 0 Å². The number of hydrogen-bond acceptors (Lipinski definition) is 4. The zero-order valence-corrected chi connectivity index (χ0v) is 14.7. The number of nitrogens with zero attached hydrogens (tertiary/aromatic N) is 1. The van der Waals surface area contributed by atoms with Gasteiger partial charge in [0.05, 0.1) is 17.1 Å². The molecular formula is C18H18ClN3O3. The molecule has 0 unspecified atom stereocenters. The molecule has 1 aromatic carbocycles. The van der Waals surface area contributed by atoms with Crippen molar-refractivity contribution < 1.29 is 14.3 Å². The zero-order chi connectivity index (χ0) is 18.0. The summed E-state index contributed by atoms with van der Waals surface area (Å²) in [6.45, 7) is 2.74. The highest BCUT2D eigenvalue weighted by molar-refractivity contribution is 6.33. The van der Waals surface area contributed by atoms with Crippen molar-refractivity contribution in [1.82, 2.24) is 15.6 Å². The summed E-state index contributed by atoms with van der Waals surface area (Å²) in [5.74, 6) is 0.0133. The Labute approximate surface area is 150 Å². The lowest BCUT2D eigenvalue weighted by Crippen LogP contribution is -2.24. The average Bonchev–Trinajstić information content (AvgIpc) is 2.81. The van der Waals surface area contributed by atoms with Gasteiger partial charge in [0.1, 0.15) is 12.3 Å². The van der Waals surface area contributed by atoms with Crippen LogP contribution in [-0.2, 0) is 6.42 Å². The number of fused-ring (bicyclic) bond motifs is 1. The quantitative estimate of drug-likeness (QED) is 0.879. The van der Waals surface area contributed by atoms with Crippen molar-refractivity contribution in [2.75, 3.05) is 20.2 Å². The number of halogens is 1. The number of amides is 2. The summed E-state index contributed by atoms with van der Waals surface area (Å²) < 4.78 is 5.62. The van der Waals surface area contributed by atoms with Gasteiger partial charge >= 0.3 is 0 Å². The maximum absolute atomic E-state index is 12.2. The molecule has 3 rings (SSSR count). The van der Waals surface area contributed by atoms with Crippen molar-refractivity contribution >= 4 is 23.4 Å². The van der Waals surface area contributed by atoms with E-state index >= 15 is 0 Å². The predicted molar refractivity (Wildman–Crippen MR) is 94.5 cm³/mol. The normalized spacial score (nSPS) is 13.3. The van der Waals surface area contributed by atoms with E-state index in [-0.39, 0.29) is 11.8 Å². The lowest BCUT2D eigenvalue weighted by atomic mass is 9.97. The van der Waals surface area contributed by atoms with E-state index < -0.39 is 0 Å². The summed E-state index contributed by atoms with van der Waals surface area (Å²) in [6, 6.07) is 5.32. The molecular weight excluding hydrogens is 342 g/mol. The van der Waals surface area contributed by atoms with Crippen LogP contribution in [0.3, 0.4) is 0 Å². The molecule has 2 amide bonds. The summed E-state index contributed by atoms with van der Waals surface area (Å²) in [4.78, 5) is 27.9. The highest BCUT2D eigenvalue weighted by Crippen LogP contribution is 2.36. The smallest absolute Gasteiger partial charge is 0.269 e. The van der Waals surface area contributed by atoms with E-state index in [0.29, 0.717) is 41.6 Å². The van der Waals surface area contributed by atoms with E-state index in [1.54, 1.807) is 19.3 Å². The van der Waals surface area contributed by atoms with Crippen molar-refractivity contribution in [3.63, 3.8) is 0 Å². The van der Waals surface area contributed by atoms with E-state index in [4.69, 9.17) is 16.3 Å². The monoisotopic (exact) mass is 359 g/mol. The number of nitrogens with one attached hydrogen (secondary N) is 2. The van der Waals surface area contributed by atoms with Crippen LogP contribution in [0.1, 0.15) is 37.5 Å². The van der Waals surface area contributed by atoms with Crippen LogP contribution in [0.25, 0.3) is 0 Å². The van der Waals surface area contributed by atoms with Gasteiger partial charge in [-0.2, -0.15) is 0 Å². The fourth-order valence-electron chi connectivity index (χ4n) is 2.70. The lowest BCUT2D eigenvalue weighted by molar-refractivity contribution is 0.0949. The van der Waals surface area contributed by atoms with Gasteiger partial charge in [0.15, 0.2) is 5.75 Å². The molecule has 1 aliphatic heterocycles. The minimum Gasteiger partial charge on any atom is -0.489 e. The highest BCUT2D eigenvalue weighted by atomic mass is 35.5.